The predicted molar refractivity (Wildman–Crippen MR) is 333 cm³/mol. The van der Waals surface area contributed by atoms with E-state index in [1.807, 2.05) is 0 Å². The molecule has 0 atom stereocenters. The van der Waals surface area contributed by atoms with Gasteiger partial charge >= 0.3 is 0 Å². The predicted octanol–water partition coefficient (Wildman–Crippen LogP) is 19.8. The molecule has 0 saturated heterocycles. The number of benzene rings is 13. The van der Waals surface area contributed by atoms with Gasteiger partial charge in [-0.25, -0.2) is 0 Å². The first-order valence-corrected chi connectivity index (χ1v) is 27.8. The third-order valence-corrected chi connectivity index (χ3v) is 17.5. The van der Waals surface area contributed by atoms with E-state index >= 15 is 0 Å². The first-order valence-electron chi connectivity index (χ1n) is 27.8. The number of anilines is 3. The summed E-state index contributed by atoms with van der Waals surface area (Å²) < 4.78 is 2.44. The number of aromatic nitrogens is 1. The summed E-state index contributed by atoms with van der Waals surface area (Å²) in [6.45, 7) is 0. The summed E-state index contributed by atoms with van der Waals surface area (Å²) in [6, 6.07) is 117. The molecule has 0 bridgehead atoms. The third kappa shape index (κ3) is 6.73. The van der Waals surface area contributed by atoms with Gasteiger partial charge in [-0.2, -0.15) is 0 Å². The van der Waals surface area contributed by atoms with Gasteiger partial charge in [0.05, 0.1) is 21.9 Å². The lowest BCUT2D eigenvalue weighted by Gasteiger charge is -2.35. The number of rotatable bonds is 9. The summed E-state index contributed by atoms with van der Waals surface area (Å²) in [5.74, 6) is 0. The molecule has 2 aliphatic rings. The molecule has 14 aromatic rings. The molecule has 80 heavy (non-hydrogen) atoms. The van der Waals surface area contributed by atoms with Crippen molar-refractivity contribution in [3.05, 3.63) is 360 Å². The zero-order valence-electron chi connectivity index (χ0n) is 43.9. The van der Waals surface area contributed by atoms with Gasteiger partial charge in [-0.15, -0.1) is 0 Å². The maximum atomic E-state index is 2.50. The van der Waals surface area contributed by atoms with Crippen molar-refractivity contribution in [3.8, 4) is 39.1 Å². The van der Waals surface area contributed by atoms with E-state index in [0.29, 0.717) is 0 Å². The van der Waals surface area contributed by atoms with Crippen LogP contribution in [0.15, 0.2) is 315 Å². The topological polar surface area (TPSA) is 8.17 Å². The molecule has 0 aliphatic heterocycles. The average Bonchev–Trinajstić information content (AvgIpc) is 4.14. The lowest BCUT2D eigenvalue weighted by molar-refractivity contribution is 0.768. The van der Waals surface area contributed by atoms with Gasteiger partial charge in [-0.05, 0) is 161 Å². The zero-order chi connectivity index (χ0) is 52.8. The van der Waals surface area contributed by atoms with E-state index in [2.05, 4.69) is 325 Å². The van der Waals surface area contributed by atoms with Crippen LogP contribution in [0.4, 0.5) is 17.1 Å². The second-order valence-corrected chi connectivity index (χ2v) is 21.5. The highest BCUT2D eigenvalue weighted by Crippen LogP contribution is 2.59. The second kappa shape index (κ2) is 18.2. The van der Waals surface area contributed by atoms with E-state index in [-0.39, 0.29) is 0 Å². The monoisotopic (exact) mass is 1020 g/mol. The molecule has 16 rings (SSSR count). The maximum absolute atomic E-state index is 2.50. The van der Waals surface area contributed by atoms with Crippen LogP contribution < -0.4 is 4.90 Å². The summed E-state index contributed by atoms with van der Waals surface area (Å²) >= 11 is 0. The van der Waals surface area contributed by atoms with Crippen LogP contribution in [0.1, 0.15) is 44.5 Å². The molecule has 1 aromatic heterocycles. The summed E-state index contributed by atoms with van der Waals surface area (Å²) in [4.78, 5) is 2.44. The molecule has 2 heteroatoms. The average molecular weight is 1020 g/mol. The minimum absolute atomic E-state index is 0.512. The highest BCUT2D eigenvalue weighted by molar-refractivity contribution is 6.11. The first kappa shape index (κ1) is 45.9. The van der Waals surface area contributed by atoms with Crippen molar-refractivity contribution in [1.29, 1.82) is 0 Å². The van der Waals surface area contributed by atoms with Crippen molar-refractivity contribution in [3.63, 3.8) is 0 Å². The molecular formula is C78H52N2. The van der Waals surface area contributed by atoms with E-state index < -0.39 is 10.8 Å². The van der Waals surface area contributed by atoms with Crippen molar-refractivity contribution in [2.75, 3.05) is 4.90 Å². The fraction of sp³-hybridized carbons (Fsp3) is 0.0256. The second-order valence-electron chi connectivity index (χ2n) is 21.5. The lowest BCUT2D eigenvalue weighted by Crippen LogP contribution is -2.28. The smallest absolute Gasteiger partial charge is 0.0714 e. The molecule has 2 aliphatic carbocycles. The summed E-state index contributed by atoms with van der Waals surface area (Å²) in [5.41, 5.74) is 23.4. The molecule has 0 fully saturated rings. The van der Waals surface area contributed by atoms with Crippen LogP contribution >= 0.6 is 0 Å². The van der Waals surface area contributed by atoms with Crippen LogP contribution in [0.25, 0.3) is 71.6 Å². The van der Waals surface area contributed by atoms with Crippen molar-refractivity contribution >= 4 is 49.6 Å². The minimum Gasteiger partial charge on any atom is -0.310 e. The summed E-state index contributed by atoms with van der Waals surface area (Å²) in [5, 5.41) is 4.85. The van der Waals surface area contributed by atoms with Crippen molar-refractivity contribution in [2.24, 2.45) is 0 Å². The van der Waals surface area contributed by atoms with E-state index in [1.54, 1.807) is 0 Å². The highest BCUT2D eigenvalue weighted by Gasteiger charge is 2.47. The fourth-order valence-electron chi connectivity index (χ4n) is 14.1. The van der Waals surface area contributed by atoms with Crippen LogP contribution in [-0.2, 0) is 10.8 Å². The Labute approximate surface area is 466 Å². The van der Waals surface area contributed by atoms with Crippen LogP contribution in [0.3, 0.4) is 0 Å². The number of nitrogens with zero attached hydrogens (tertiary/aromatic N) is 2. The van der Waals surface area contributed by atoms with E-state index in [4.69, 9.17) is 0 Å². The fourth-order valence-corrected chi connectivity index (χ4v) is 14.1. The Morgan fingerprint density at radius 3 is 1.26 bits per heavy atom. The molecule has 0 spiro atoms. The van der Waals surface area contributed by atoms with Crippen LogP contribution in [0.5, 0.6) is 0 Å². The van der Waals surface area contributed by atoms with Crippen molar-refractivity contribution in [1.82, 2.24) is 4.57 Å². The SMILES string of the molecule is c1ccc(-n2c3ccc(-c4ccc(N(c5ccc6c(c5)C(c5ccccc5)(c5ccccc5)c5ccccc5-6)c5ccc6ccccc6c5)cc4)cc3c3cc(C4(c5ccccc5)c5ccccc5-c5ccccc54)ccc32)cc1. The third-order valence-electron chi connectivity index (χ3n) is 17.5. The molecule has 1 heterocycles. The molecule has 374 valence electrons. The Hall–Kier alpha value is -10.3. The number of fused-ring (bicyclic) bond motifs is 10. The molecule has 0 radical (unpaired) electrons. The van der Waals surface area contributed by atoms with Gasteiger partial charge < -0.3 is 9.47 Å². The van der Waals surface area contributed by atoms with Crippen molar-refractivity contribution in [2.45, 2.75) is 10.8 Å². The van der Waals surface area contributed by atoms with Gasteiger partial charge in [-0.3, -0.25) is 0 Å². The van der Waals surface area contributed by atoms with Crippen LogP contribution in [0, 0.1) is 0 Å². The normalized spacial score (nSPS) is 13.4. The zero-order valence-corrected chi connectivity index (χ0v) is 43.9. The molecule has 0 amide bonds. The molecule has 0 N–H and O–H groups in total. The summed E-state index contributed by atoms with van der Waals surface area (Å²) in [6.07, 6.45) is 0. The number of para-hydroxylation sites is 1. The van der Waals surface area contributed by atoms with Crippen LogP contribution in [-0.4, -0.2) is 4.57 Å². The highest BCUT2D eigenvalue weighted by atomic mass is 15.1. The van der Waals surface area contributed by atoms with Gasteiger partial charge in [0, 0.05) is 33.5 Å². The minimum atomic E-state index is -0.527. The van der Waals surface area contributed by atoms with E-state index in [1.165, 1.54) is 105 Å². The quantitative estimate of drug-likeness (QED) is 0.140. The number of hydrogen-bond donors (Lipinski definition) is 0. The largest absolute Gasteiger partial charge is 0.310 e. The van der Waals surface area contributed by atoms with E-state index in [9.17, 15) is 0 Å². The molecule has 13 aromatic carbocycles. The maximum Gasteiger partial charge on any atom is 0.0714 e. The molecule has 0 unspecified atom stereocenters. The van der Waals surface area contributed by atoms with Gasteiger partial charge in [0.15, 0.2) is 0 Å². The lowest BCUT2D eigenvalue weighted by atomic mass is 9.67. The molecule has 2 nitrogen and oxygen atoms in total. The summed E-state index contributed by atoms with van der Waals surface area (Å²) in [7, 11) is 0. The van der Waals surface area contributed by atoms with Gasteiger partial charge in [0.1, 0.15) is 0 Å². The van der Waals surface area contributed by atoms with Gasteiger partial charge in [0.2, 0.25) is 0 Å². The van der Waals surface area contributed by atoms with Gasteiger partial charge in [0.25, 0.3) is 0 Å². The van der Waals surface area contributed by atoms with E-state index in [0.717, 1.165) is 28.3 Å². The standard InChI is InChI=1S/C78H52N2/c1-5-23-57(24-6-1)77(58-25-7-2-8-26-58)71-34-18-17-33-67(71)68-46-45-64(52-74(68)77)79(63-44-39-53-21-13-14-22-55(53)49-63)62-42-37-54(38-43-62)56-40-47-75-69(50-56)70-51-60(41-48-76(70)80(75)61-29-11-4-12-30-61)78(59-27-9-3-10-28-59)72-35-19-15-31-65(72)66-32-16-20-36-73(66)78/h1-52H. The number of hydrogen-bond acceptors (Lipinski definition) is 1. The Morgan fingerprint density at radius 1 is 0.250 bits per heavy atom. The molecular weight excluding hydrogens is 965 g/mol. The Morgan fingerprint density at radius 2 is 0.675 bits per heavy atom. The van der Waals surface area contributed by atoms with Crippen molar-refractivity contribution < 1.29 is 0 Å². The first-order chi connectivity index (χ1) is 39.7. The van der Waals surface area contributed by atoms with Gasteiger partial charge in [-0.1, -0.05) is 243 Å². The Bertz CT molecular complexity index is 4610. The Kier molecular flexibility index (Phi) is 10.4. The Balaban J connectivity index is 0.870. The molecule has 0 saturated carbocycles. The van der Waals surface area contributed by atoms with Crippen LogP contribution in [0.2, 0.25) is 0 Å².